The van der Waals surface area contributed by atoms with Crippen molar-refractivity contribution in [2.24, 2.45) is 0 Å². The van der Waals surface area contributed by atoms with Crippen molar-refractivity contribution in [2.75, 3.05) is 36.6 Å². The zero-order chi connectivity index (χ0) is 20.1. The van der Waals surface area contributed by atoms with Gasteiger partial charge in [0.2, 0.25) is 11.9 Å². The van der Waals surface area contributed by atoms with Crippen molar-refractivity contribution in [3.05, 3.63) is 41.5 Å². The Morgan fingerprint density at radius 3 is 2.75 bits per heavy atom. The lowest BCUT2D eigenvalue weighted by atomic mass is 10.1. The number of hydrogen-bond donors (Lipinski definition) is 3. The van der Waals surface area contributed by atoms with Crippen LogP contribution in [0.1, 0.15) is 30.8 Å². The van der Waals surface area contributed by atoms with Gasteiger partial charge in [0.1, 0.15) is 17.5 Å². The third-order valence-electron chi connectivity index (χ3n) is 4.20. The van der Waals surface area contributed by atoms with Crippen molar-refractivity contribution in [1.29, 1.82) is 0 Å². The van der Waals surface area contributed by atoms with Crippen molar-refractivity contribution in [3.8, 4) is 0 Å². The molecule has 0 aliphatic heterocycles. The van der Waals surface area contributed by atoms with Crippen LogP contribution in [0.5, 0.6) is 0 Å². The molecule has 0 bridgehead atoms. The molecule has 0 fully saturated rings. The zero-order valence-corrected chi connectivity index (χ0v) is 16.2. The summed E-state index contributed by atoms with van der Waals surface area (Å²) in [6, 6.07) is 6.37. The molecule has 0 amide bonds. The summed E-state index contributed by atoms with van der Waals surface area (Å²) in [4.78, 5) is 17.0. The first-order valence-electron chi connectivity index (χ1n) is 9.04. The van der Waals surface area contributed by atoms with Crippen LogP contribution in [0, 0.1) is 12.7 Å². The minimum atomic E-state index is -0.319. The average Bonchev–Trinajstić information content (AvgIpc) is 2.63. The summed E-state index contributed by atoms with van der Waals surface area (Å²) in [6.07, 6.45) is 0.823. The smallest absolute Gasteiger partial charge is 0.228 e. The van der Waals surface area contributed by atoms with Crippen molar-refractivity contribution < 1.29 is 9.13 Å². The van der Waals surface area contributed by atoms with Crippen LogP contribution < -0.4 is 16.4 Å². The van der Waals surface area contributed by atoms with Gasteiger partial charge in [0.25, 0.3) is 0 Å². The highest BCUT2D eigenvalue weighted by molar-refractivity contribution is 5.82. The summed E-state index contributed by atoms with van der Waals surface area (Å²) >= 11 is 0. The molecular formula is C19H24FN7O. The van der Waals surface area contributed by atoms with Crippen LogP contribution in [0.25, 0.3) is 10.9 Å². The fourth-order valence-electron chi connectivity index (χ4n) is 2.89. The van der Waals surface area contributed by atoms with Crippen LogP contribution in [-0.4, -0.2) is 40.2 Å². The van der Waals surface area contributed by atoms with Gasteiger partial charge in [-0.25, -0.2) is 9.37 Å². The maximum absolute atomic E-state index is 13.6. The maximum Gasteiger partial charge on any atom is 0.228 e. The molecule has 1 unspecified atom stereocenters. The van der Waals surface area contributed by atoms with Gasteiger partial charge in [-0.2, -0.15) is 15.0 Å². The van der Waals surface area contributed by atoms with Gasteiger partial charge >= 0.3 is 0 Å². The Morgan fingerprint density at radius 2 is 2.00 bits per heavy atom. The molecule has 2 aromatic heterocycles. The van der Waals surface area contributed by atoms with E-state index in [1.165, 1.54) is 12.1 Å². The number of nitrogens with one attached hydrogen (secondary N) is 2. The van der Waals surface area contributed by atoms with E-state index in [0.29, 0.717) is 36.3 Å². The highest BCUT2D eigenvalue weighted by atomic mass is 19.1. The van der Waals surface area contributed by atoms with Gasteiger partial charge in [-0.05, 0) is 38.5 Å². The molecule has 9 heteroatoms. The van der Waals surface area contributed by atoms with Crippen molar-refractivity contribution in [3.63, 3.8) is 0 Å². The largest absolute Gasteiger partial charge is 0.385 e. The predicted octanol–water partition coefficient (Wildman–Crippen LogP) is 3.07. The highest BCUT2D eigenvalue weighted by Gasteiger charge is 2.16. The fourth-order valence-corrected chi connectivity index (χ4v) is 2.89. The Morgan fingerprint density at radius 1 is 1.18 bits per heavy atom. The molecule has 1 atom stereocenters. The molecular weight excluding hydrogens is 361 g/mol. The molecule has 4 N–H and O–H groups in total. The van der Waals surface area contributed by atoms with E-state index in [1.807, 2.05) is 13.0 Å². The van der Waals surface area contributed by atoms with E-state index in [2.05, 4.69) is 30.6 Å². The Hall–Kier alpha value is -3.07. The number of hydrogen-bond acceptors (Lipinski definition) is 8. The van der Waals surface area contributed by atoms with E-state index >= 15 is 0 Å². The topological polar surface area (TPSA) is 111 Å². The summed E-state index contributed by atoms with van der Waals surface area (Å²) < 4.78 is 18.7. The number of benzene rings is 1. The monoisotopic (exact) mass is 385 g/mol. The standard InChI is InChI=1S/C19H24FN7O/c1-11(23-19-25-12(2)24-18(21)27-19)15-9-13-5-6-14(20)10-16(13)26-17(15)22-7-4-8-28-3/h5-6,9-11H,4,7-8H2,1-3H3,(H,22,26)(H3,21,23,24,25,27). The molecule has 148 valence electrons. The van der Waals surface area contributed by atoms with Gasteiger partial charge in [-0.3, -0.25) is 0 Å². The second-order valence-electron chi connectivity index (χ2n) is 6.47. The molecule has 3 rings (SSSR count). The lowest BCUT2D eigenvalue weighted by Crippen LogP contribution is -2.16. The summed E-state index contributed by atoms with van der Waals surface area (Å²) in [5, 5.41) is 7.40. The minimum absolute atomic E-state index is 0.159. The lowest BCUT2D eigenvalue weighted by Gasteiger charge is -2.19. The third-order valence-corrected chi connectivity index (χ3v) is 4.20. The summed E-state index contributed by atoms with van der Waals surface area (Å²) in [5.74, 6) is 1.44. The van der Waals surface area contributed by atoms with Crippen LogP contribution in [0.2, 0.25) is 0 Å². The number of fused-ring (bicyclic) bond motifs is 1. The predicted molar refractivity (Wildman–Crippen MR) is 108 cm³/mol. The molecule has 28 heavy (non-hydrogen) atoms. The van der Waals surface area contributed by atoms with Crippen LogP contribution in [0.15, 0.2) is 24.3 Å². The Bertz CT molecular complexity index is 946. The number of halogens is 1. The zero-order valence-electron chi connectivity index (χ0n) is 16.2. The quantitative estimate of drug-likeness (QED) is 0.507. The average molecular weight is 385 g/mol. The number of nitrogens with two attached hydrogens (primary N) is 1. The first kappa shape index (κ1) is 19.7. The maximum atomic E-state index is 13.6. The normalized spacial score (nSPS) is 12.1. The van der Waals surface area contributed by atoms with E-state index in [9.17, 15) is 4.39 Å². The molecule has 1 aromatic carbocycles. The fraction of sp³-hybridized carbons (Fsp3) is 0.368. The first-order chi connectivity index (χ1) is 13.5. The van der Waals surface area contributed by atoms with E-state index in [4.69, 9.17) is 10.5 Å². The van der Waals surface area contributed by atoms with Gasteiger partial charge in [0.15, 0.2) is 0 Å². The van der Waals surface area contributed by atoms with E-state index in [1.54, 1.807) is 20.1 Å². The van der Waals surface area contributed by atoms with E-state index in [0.717, 1.165) is 17.4 Å². The molecule has 0 spiro atoms. The van der Waals surface area contributed by atoms with Crippen molar-refractivity contribution in [1.82, 2.24) is 19.9 Å². The van der Waals surface area contributed by atoms with Crippen molar-refractivity contribution >= 4 is 28.6 Å². The number of methoxy groups -OCH3 is 1. The molecule has 0 aliphatic rings. The summed E-state index contributed by atoms with van der Waals surface area (Å²) in [7, 11) is 1.66. The number of nitrogen functional groups attached to an aromatic ring is 1. The molecule has 3 aromatic rings. The minimum Gasteiger partial charge on any atom is -0.385 e. The van der Waals surface area contributed by atoms with Crippen molar-refractivity contribution in [2.45, 2.75) is 26.3 Å². The van der Waals surface area contributed by atoms with Gasteiger partial charge in [0, 0.05) is 37.3 Å². The van der Waals surface area contributed by atoms with Crippen LogP contribution in [0.3, 0.4) is 0 Å². The number of aromatic nitrogens is 4. The summed E-state index contributed by atoms with van der Waals surface area (Å²) in [6.45, 7) is 5.05. The Kier molecular flexibility index (Phi) is 6.15. The molecule has 2 heterocycles. The van der Waals surface area contributed by atoms with Crippen LogP contribution in [0.4, 0.5) is 22.1 Å². The third kappa shape index (κ3) is 4.80. The second-order valence-corrected chi connectivity index (χ2v) is 6.47. The number of nitrogens with zero attached hydrogens (tertiary/aromatic N) is 4. The Balaban J connectivity index is 1.92. The number of pyridine rings is 1. The molecule has 0 saturated carbocycles. The van der Waals surface area contributed by atoms with Gasteiger partial charge in [-0.15, -0.1) is 0 Å². The van der Waals surface area contributed by atoms with Gasteiger partial charge in [-0.1, -0.05) is 0 Å². The number of ether oxygens (including phenoxy) is 1. The Labute approximate surface area is 162 Å². The molecule has 0 saturated heterocycles. The lowest BCUT2D eigenvalue weighted by molar-refractivity contribution is 0.197. The molecule has 0 radical (unpaired) electrons. The van der Waals surface area contributed by atoms with E-state index in [-0.39, 0.29) is 17.8 Å². The van der Waals surface area contributed by atoms with Gasteiger partial charge < -0.3 is 21.1 Å². The molecule has 8 nitrogen and oxygen atoms in total. The SMILES string of the molecule is COCCCNc1nc2cc(F)ccc2cc1C(C)Nc1nc(C)nc(N)n1. The van der Waals surface area contributed by atoms with Crippen LogP contribution >= 0.6 is 0 Å². The van der Waals surface area contributed by atoms with Crippen LogP contribution in [-0.2, 0) is 4.74 Å². The number of rotatable bonds is 8. The first-order valence-corrected chi connectivity index (χ1v) is 9.04. The van der Waals surface area contributed by atoms with E-state index < -0.39 is 0 Å². The number of aryl methyl sites for hydroxylation is 1. The highest BCUT2D eigenvalue weighted by Crippen LogP contribution is 2.28. The van der Waals surface area contributed by atoms with Gasteiger partial charge in [0.05, 0.1) is 11.6 Å². The summed E-state index contributed by atoms with van der Waals surface area (Å²) in [5.41, 5.74) is 7.21. The second kappa shape index (κ2) is 8.75. The number of anilines is 3. The molecule has 0 aliphatic carbocycles.